The molecular weight excluding hydrogens is 833 g/mol. The van der Waals surface area contributed by atoms with Gasteiger partial charge < -0.3 is 20.1 Å². The number of aromatic nitrogens is 1. The molecule has 3 N–H and O–H groups in total. The van der Waals surface area contributed by atoms with Gasteiger partial charge in [0.2, 0.25) is 15.6 Å². The van der Waals surface area contributed by atoms with Crippen molar-refractivity contribution in [3.05, 3.63) is 47.7 Å². The number of ether oxygens (including phenoxy) is 2. The number of rotatable bonds is 15. The summed E-state index contributed by atoms with van der Waals surface area (Å²) >= 11 is 17.2. The average Bonchev–Trinajstić information content (AvgIpc) is 3.12. The summed E-state index contributed by atoms with van der Waals surface area (Å²) in [5.74, 6) is -2.70. The van der Waals surface area contributed by atoms with Gasteiger partial charge in [-0.2, -0.15) is 0 Å². The van der Waals surface area contributed by atoms with Gasteiger partial charge in [-0.15, -0.1) is 0 Å². The predicted octanol–water partition coefficient (Wildman–Crippen LogP) is 8.47. The third-order valence-electron chi connectivity index (χ3n) is 12.0. The Morgan fingerprint density at radius 3 is 2.19 bits per heavy atom. The Labute approximate surface area is 366 Å². The average molecular weight is 897 g/mol. The van der Waals surface area contributed by atoms with Gasteiger partial charge in [0.05, 0.1) is 24.7 Å². The van der Waals surface area contributed by atoms with Crippen molar-refractivity contribution < 1.29 is 33.4 Å². The minimum atomic E-state index is -1.96. The Kier molecular flexibility index (Phi) is 16.7. The number of carbonyl (C=O) groups is 5. The molecule has 0 bridgehead atoms. The molecule has 328 valence electrons. The molecule has 1 aliphatic rings. The van der Waals surface area contributed by atoms with Gasteiger partial charge in [-0.1, -0.05) is 133 Å². The summed E-state index contributed by atoms with van der Waals surface area (Å²) in [6, 6.07) is 7.62. The van der Waals surface area contributed by atoms with Gasteiger partial charge in [0, 0.05) is 18.9 Å². The molecule has 1 aromatic carbocycles. The SMILES string of the molecule is CC(=O)O[C@H](C)c1ccc2ccc(C=CC(C)(C(=O)N[C@H](C(=O)N[C@@H](C)C(=O)N3CCC[C@@H](C(=O)OCC(Cl)(Cl)Cl)N3)C(C)C)C(C)(C)C[Si](C)(C)C(C)(C)C)cc2n1. The molecule has 12 nitrogen and oxygen atoms in total. The lowest BCUT2D eigenvalue weighted by Gasteiger charge is -2.49. The molecule has 3 amide bonds. The van der Waals surface area contributed by atoms with Crippen LogP contribution in [0.4, 0.5) is 0 Å². The van der Waals surface area contributed by atoms with Gasteiger partial charge >= 0.3 is 11.9 Å². The van der Waals surface area contributed by atoms with E-state index in [4.69, 9.17) is 49.3 Å². The number of esters is 2. The van der Waals surface area contributed by atoms with Crippen molar-refractivity contribution in [1.82, 2.24) is 26.1 Å². The molecule has 59 heavy (non-hydrogen) atoms. The molecule has 2 heterocycles. The van der Waals surface area contributed by atoms with E-state index in [2.05, 4.69) is 63.8 Å². The van der Waals surface area contributed by atoms with Crippen LogP contribution in [0.3, 0.4) is 0 Å². The van der Waals surface area contributed by atoms with Gasteiger partial charge in [-0.05, 0) is 67.7 Å². The number of nitrogens with zero attached hydrogens (tertiary/aromatic N) is 2. The third kappa shape index (κ3) is 13.4. The fraction of sp³-hybridized carbons (Fsp3) is 0.628. The quantitative estimate of drug-likeness (QED) is 0.0907. The molecule has 0 saturated carbocycles. The minimum absolute atomic E-state index is 0.0490. The van der Waals surface area contributed by atoms with E-state index in [0.29, 0.717) is 30.6 Å². The molecule has 1 aliphatic heterocycles. The van der Waals surface area contributed by atoms with Crippen molar-refractivity contribution >= 4 is 89.5 Å². The lowest BCUT2D eigenvalue weighted by molar-refractivity contribution is -0.153. The molecule has 2 aromatic rings. The summed E-state index contributed by atoms with van der Waals surface area (Å²) in [5.41, 5.74) is 3.35. The van der Waals surface area contributed by atoms with Crippen LogP contribution >= 0.6 is 34.8 Å². The number of hydrazine groups is 1. The topological polar surface area (TPSA) is 156 Å². The molecule has 16 heteroatoms. The van der Waals surface area contributed by atoms with Crippen LogP contribution in [0, 0.1) is 16.7 Å². The molecule has 0 radical (unpaired) electrons. The second kappa shape index (κ2) is 19.6. The maximum atomic E-state index is 14.9. The number of fused-ring (bicyclic) bond motifs is 1. The maximum absolute atomic E-state index is 14.9. The van der Waals surface area contributed by atoms with E-state index in [-0.39, 0.29) is 22.8 Å². The first-order chi connectivity index (χ1) is 27.0. The molecule has 1 saturated heterocycles. The first kappa shape index (κ1) is 50.1. The van der Waals surface area contributed by atoms with Crippen LogP contribution in [0.2, 0.25) is 24.2 Å². The molecule has 0 aliphatic carbocycles. The van der Waals surface area contributed by atoms with Gasteiger partial charge in [0.1, 0.15) is 30.8 Å². The minimum Gasteiger partial charge on any atom is -0.460 e. The summed E-state index contributed by atoms with van der Waals surface area (Å²) < 4.78 is 8.69. The zero-order chi connectivity index (χ0) is 44.9. The maximum Gasteiger partial charge on any atom is 0.325 e. The van der Waals surface area contributed by atoms with Crippen LogP contribution in [0.15, 0.2) is 36.4 Å². The monoisotopic (exact) mass is 895 g/mol. The van der Waals surface area contributed by atoms with Crippen molar-refractivity contribution in [3.8, 4) is 0 Å². The Morgan fingerprint density at radius 2 is 1.61 bits per heavy atom. The van der Waals surface area contributed by atoms with Gasteiger partial charge in [-0.25, -0.2) is 10.4 Å². The van der Waals surface area contributed by atoms with E-state index in [1.165, 1.54) is 11.9 Å². The van der Waals surface area contributed by atoms with E-state index < -0.39 is 71.3 Å². The Bertz CT molecular complexity index is 1890. The van der Waals surface area contributed by atoms with E-state index in [9.17, 15) is 24.0 Å². The number of hydrogen-bond donors (Lipinski definition) is 3. The summed E-state index contributed by atoms with van der Waals surface area (Å²) in [6.07, 6.45) is 4.24. The molecule has 5 atom stereocenters. The van der Waals surface area contributed by atoms with Crippen LogP contribution in [0.25, 0.3) is 17.0 Å². The van der Waals surface area contributed by atoms with Crippen LogP contribution in [-0.2, 0) is 33.4 Å². The van der Waals surface area contributed by atoms with Gasteiger partial charge in [0.25, 0.3) is 5.91 Å². The van der Waals surface area contributed by atoms with E-state index >= 15 is 0 Å². The zero-order valence-electron chi connectivity index (χ0n) is 36.8. The van der Waals surface area contributed by atoms with Crippen molar-refractivity contribution in [2.24, 2.45) is 16.7 Å². The van der Waals surface area contributed by atoms with Gasteiger partial charge in [-0.3, -0.25) is 29.0 Å². The highest BCUT2D eigenvalue weighted by molar-refractivity contribution is 6.80. The summed E-state index contributed by atoms with van der Waals surface area (Å²) in [7, 11) is -1.96. The summed E-state index contributed by atoms with van der Waals surface area (Å²) in [6.45, 7) is 25.8. The van der Waals surface area contributed by atoms with Crippen LogP contribution in [-0.4, -0.2) is 82.8 Å². The van der Waals surface area contributed by atoms with Crippen LogP contribution < -0.4 is 16.1 Å². The highest BCUT2D eigenvalue weighted by atomic mass is 35.6. The number of halogens is 3. The Hall–Kier alpha value is -3.23. The van der Waals surface area contributed by atoms with Gasteiger partial charge in [0.15, 0.2) is 0 Å². The predicted molar refractivity (Wildman–Crippen MR) is 238 cm³/mol. The molecular formula is C43H64Cl3N5O7Si. The van der Waals surface area contributed by atoms with E-state index in [0.717, 1.165) is 17.0 Å². The fourth-order valence-corrected chi connectivity index (χ4v) is 10.3. The second-order valence-corrected chi connectivity index (χ2v) is 26.8. The first-order valence-corrected chi connectivity index (χ1v) is 24.5. The van der Waals surface area contributed by atoms with Crippen LogP contribution in [0.5, 0.6) is 0 Å². The highest BCUT2D eigenvalue weighted by Gasteiger charge is 2.51. The highest BCUT2D eigenvalue weighted by Crippen LogP contribution is 2.51. The number of amides is 3. The first-order valence-electron chi connectivity index (χ1n) is 20.2. The molecule has 1 unspecified atom stereocenters. The standard InChI is InChI=1S/C43H64Cl3N5O7Si/c1-26(2)35(36(53)47-27(3)37(54)51-22-14-15-33(50-51)38(55)57-24-43(44,45)46)49-39(56)42(11,41(9,10)25-59(12,13)40(6,7)8)21-20-30-16-17-31-18-19-32(48-34(31)23-30)28(4)58-29(5)52/h16-21,23,26-28,33,35,50H,14-15,22,24-25H2,1-13H3,(H,47,53)(H,49,56)/t27-,28+,33-,35-,42?/m0/s1. The summed E-state index contributed by atoms with van der Waals surface area (Å²) in [4.78, 5) is 71.4. The Morgan fingerprint density at radius 1 is 0.983 bits per heavy atom. The van der Waals surface area contributed by atoms with Crippen LogP contribution in [0.1, 0.15) is 106 Å². The van der Waals surface area contributed by atoms with Crippen molar-refractivity contribution in [2.75, 3.05) is 13.2 Å². The van der Waals surface area contributed by atoms with E-state index in [1.54, 1.807) is 13.8 Å². The normalized spacial score (nSPS) is 18.2. The third-order valence-corrected chi connectivity index (χ3v) is 18.1. The number of nitrogens with one attached hydrogen (secondary N) is 3. The van der Waals surface area contributed by atoms with Crippen molar-refractivity contribution in [1.29, 1.82) is 0 Å². The summed E-state index contributed by atoms with van der Waals surface area (Å²) in [5, 5.41) is 8.13. The molecule has 1 aromatic heterocycles. The number of benzene rings is 1. The lowest BCUT2D eigenvalue weighted by Crippen LogP contribution is -2.61. The van der Waals surface area contributed by atoms with E-state index in [1.807, 2.05) is 63.3 Å². The fourth-order valence-electron chi connectivity index (χ4n) is 7.01. The van der Waals surface area contributed by atoms with Crippen molar-refractivity contribution in [3.63, 3.8) is 0 Å². The Balaban J connectivity index is 1.91. The number of pyridine rings is 1. The smallest absolute Gasteiger partial charge is 0.325 e. The second-order valence-electron chi connectivity index (χ2n) is 18.6. The molecule has 0 spiro atoms. The molecule has 1 fully saturated rings. The number of alkyl halides is 3. The number of hydrogen-bond acceptors (Lipinski definition) is 9. The molecule has 3 rings (SSSR count). The largest absolute Gasteiger partial charge is 0.460 e. The number of carbonyl (C=O) groups excluding carboxylic acids is 5. The lowest BCUT2D eigenvalue weighted by atomic mass is 9.66. The van der Waals surface area contributed by atoms with Crippen molar-refractivity contribution in [2.45, 2.75) is 141 Å². The zero-order valence-corrected chi connectivity index (χ0v) is 40.1.